The van der Waals surface area contributed by atoms with Crippen LogP contribution in [0.1, 0.15) is 24.0 Å². The molecule has 0 bridgehead atoms. The highest BCUT2D eigenvalue weighted by Gasteiger charge is 2.21. The van der Waals surface area contributed by atoms with Gasteiger partial charge in [-0.05, 0) is 30.4 Å². The lowest BCUT2D eigenvalue weighted by Gasteiger charge is -2.16. The zero-order valence-corrected chi connectivity index (χ0v) is 15.1. The van der Waals surface area contributed by atoms with Gasteiger partial charge in [-0.25, -0.2) is 4.79 Å². The van der Waals surface area contributed by atoms with Crippen LogP contribution in [0.25, 0.3) is 0 Å². The molecule has 0 aliphatic heterocycles. The summed E-state index contributed by atoms with van der Waals surface area (Å²) in [5.74, 6) is -0.888. The number of nitrogens with one attached hydrogen (secondary N) is 1. The molecule has 0 saturated heterocycles. The first-order valence-corrected chi connectivity index (χ1v) is 8.64. The first-order chi connectivity index (χ1) is 13.0. The van der Waals surface area contributed by atoms with E-state index in [1.165, 1.54) is 25.3 Å². The van der Waals surface area contributed by atoms with Crippen LogP contribution in [0.2, 0.25) is 0 Å². The molecule has 1 amide bonds. The van der Waals surface area contributed by atoms with Gasteiger partial charge in [0.25, 0.3) is 5.69 Å². The van der Waals surface area contributed by atoms with Gasteiger partial charge in [0.2, 0.25) is 5.91 Å². The number of carbonyl (C=O) groups excluding carboxylic acids is 2. The molecule has 7 nitrogen and oxygen atoms in total. The van der Waals surface area contributed by atoms with Crippen molar-refractivity contribution in [2.45, 2.75) is 31.7 Å². The molecule has 0 unspecified atom stereocenters. The van der Waals surface area contributed by atoms with Crippen LogP contribution in [0.3, 0.4) is 0 Å². The van der Waals surface area contributed by atoms with E-state index >= 15 is 0 Å². The molecule has 0 saturated carbocycles. The third-order valence-electron chi connectivity index (χ3n) is 4.11. The molecule has 0 aliphatic rings. The van der Waals surface area contributed by atoms with E-state index < -0.39 is 16.9 Å². The van der Waals surface area contributed by atoms with Crippen molar-refractivity contribution in [1.82, 2.24) is 5.32 Å². The van der Waals surface area contributed by atoms with E-state index in [9.17, 15) is 19.7 Å². The molecular formula is C20H22N2O5. The lowest BCUT2D eigenvalue weighted by molar-refractivity contribution is -0.384. The van der Waals surface area contributed by atoms with Crippen LogP contribution in [0.4, 0.5) is 5.69 Å². The molecular weight excluding hydrogens is 348 g/mol. The van der Waals surface area contributed by atoms with Gasteiger partial charge in [-0.15, -0.1) is 0 Å². The van der Waals surface area contributed by atoms with Crippen molar-refractivity contribution in [3.8, 4) is 0 Å². The first kappa shape index (κ1) is 20.1. The summed E-state index contributed by atoms with van der Waals surface area (Å²) in [5, 5.41) is 13.5. The van der Waals surface area contributed by atoms with Crippen LogP contribution >= 0.6 is 0 Å². The fourth-order valence-electron chi connectivity index (χ4n) is 2.76. The van der Waals surface area contributed by atoms with Gasteiger partial charge in [-0.2, -0.15) is 0 Å². The highest BCUT2D eigenvalue weighted by Crippen LogP contribution is 2.14. The maximum atomic E-state index is 12.3. The average Bonchev–Trinajstić information content (AvgIpc) is 2.67. The van der Waals surface area contributed by atoms with Crippen LogP contribution in [0, 0.1) is 10.1 Å². The maximum absolute atomic E-state index is 12.3. The monoisotopic (exact) mass is 370 g/mol. The number of nitrogens with zero attached hydrogens (tertiary/aromatic N) is 1. The number of nitro groups is 1. The summed E-state index contributed by atoms with van der Waals surface area (Å²) >= 11 is 0. The quantitative estimate of drug-likeness (QED) is 0.416. The number of amides is 1. The predicted octanol–water partition coefficient (Wildman–Crippen LogP) is 2.82. The number of hydrogen-bond acceptors (Lipinski definition) is 5. The van der Waals surface area contributed by atoms with Crippen molar-refractivity contribution in [1.29, 1.82) is 0 Å². The summed E-state index contributed by atoms with van der Waals surface area (Å²) in [6.07, 6.45) is 1.89. The number of benzene rings is 2. The second-order valence-electron chi connectivity index (χ2n) is 6.12. The Labute approximate surface area is 157 Å². The van der Waals surface area contributed by atoms with Crippen molar-refractivity contribution in [2.75, 3.05) is 7.11 Å². The maximum Gasteiger partial charge on any atom is 0.328 e. The number of nitro benzene ring substituents is 1. The Morgan fingerprint density at radius 3 is 2.48 bits per heavy atom. The molecule has 0 spiro atoms. The molecule has 2 aromatic carbocycles. The van der Waals surface area contributed by atoms with Gasteiger partial charge >= 0.3 is 5.97 Å². The molecule has 2 aromatic rings. The van der Waals surface area contributed by atoms with E-state index in [1.54, 1.807) is 6.07 Å². The SMILES string of the molecule is COC(=O)[C@H](CCCc1ccccc1)NC(=O)Cc1cccc([N+](=O)[O-])c1. The minimum atomic E-state index is -0.745. The number of rotatable bonds is 9. The zero-order valence-electron chi connectivity index (χ0n) is 15.1. The third kappa shape index (κ3) is 6.54. The van der Waals surface area contributed by atoms with Gasteiger partial charge in [0.05, 0.1) is 18.5 Å². The molecule has 0 fully saturated rings. The standard InChI is InChI=1S/C20H22N2O5/c1-27-20(24)18(12-6-9-15-7-3-2-4-8-15)21-19(23)14-16-10-5-11-17(13-16)22(25)26/h2-5,7-8,10-11,13,18H,6,9,12,14H2,1H3,(H,21,23)/t18-/m0/s1. The molecule has 0 aliphatic carbocycles. The number of esters is 1. The molecule has 142 valence electrons. The Hall–Kier alpha value is -3.22. The highest BCUT2D eigenvalue weighted by atomic mass is 16.6. The van der Waals surface area contributed by atoms with E-state index in [0.29, 0.717) is 18.4 Å². The number of aryl methyl sites for hydroxylation is 1. The van der Waals surface area contributed by atoms with E-state index in [1.807, 2.05) is 30.3 Å². The molecule has 0 heterocycles. The molecule has 2 rings (SSSR count). The Morgan fingerprint density at radius 1 is 1.11 bits per heavy atom. The summed E-state index contributed by atoms with van der Waals surface area (Å²) in [7, 11) is 1.28. The van der Waals surface area contributed by atoms with Crippen LogP contribution in [0.5, 0.6) is 0 Å². The normalized spacial score (nSPS) is 11.4. The molecule has 7 heteroatoms. The van der Waals surface area contributed by atoms with Crippen LogP contribution in [-0.2, 0) is 27.2 Å². The number of hydrogen-bond donors (Lipinski definition) is 1. The van der Waals surface area contributed by atoms with Crippen LogP contribution in [0.15, 0.2) is 54.6 Å². The lowest BCUT2D eigenvalue weighted by atomic mass is 10.0. The van der Waals surface area contributed by atoms with Crippen molar-refractivity contribution < 1.29 is 19.2 Å². The topological polar surface area (TPSA) is 98.5 Å². The number of ether oxygens (including phenoxy) is 1. The summed E-state index contributed by atoms with van der Waals surface area (Å²) < 4.78 is 4.77. The minimum absolute atomic E-state index is 0.0478. The van der Waals surface area contributed by atoms with Gasteiger partial charge in [-0.3, -0.25) is 14.9 Å². The summed E-state index contributed by atoms with van der Waals surface area (Å²) in [6, 6.07) is 15.0. The average molecular weight is 370 g/mol. The summed E-state index contributed by atoms with van der Waals surface area (Å²) in [4.78, 5) is 34.5. The second kappa shape index (κ2) is 10.1. The predicted molar refractivity (Wildman–Crippen MR) is 100 cm³/mol. The smallest absolute Gasteiger partial charge is 0.328 e. The van der Waals surface area contributed by atoms with Gasteiger partial charge in [0.1, 0.15) is 6.04 Å². The van der Waals surface area contributed by atoms with Gasteiger partial charge < -0.3 is 10.1 Å². The largest absolute Gasteiger partial charge is 0.467 e. The van der Waals surface area contributed by atoms with Crippen LogP contribution in [-0.4, -0.2) is 30.0 Å². The first-order valence-electron chi connectivity index (χ1n) is 8.64. The third-order valence-corrected chi connectivity index (χ3v) is 4.11. The Balaban J connectivity index is 1.92. The molecule has 0 aromatic heterocycles. The van der Waals surface area contributed by atoms with Gasteiger partial charge in [-0.1, -0.05) is 42.5 Å². The number of non-ortho nitro benzene ring substituents is 1. The second-order valence-corrected chi connectivity index (χ2v) is 6.12. The molecule has 1 atom stereocenters. The Bertz CT molecular complexity index is 792. The number of methoxy groups -OCH3 is 1. The van der Waals surface area contributed by atoms with Crippen molar-refractivity contribution in [3.05, 3.63) is 75.8 Å². The van der Waals surface area contributed by atoms with Crippen molar-refractivity contribution in [3.63, 3.8) is 0 Å². The van der Waals surface area contributed by atoms with Crippen LogP contribution < -0.4 is 5.32 Å². The van der Waals surface area contributed by atoms with E-state index in [2.05, 4.69) is 5.32 Å². The Morgan fingerprint density at radius 2 is 1.81 bits per heavy atom. The number of carbonyl (C=O) groups is 2. The minimum Gasteiger partial charge on any atom is -0.467 e. The van der Waals surface area contributed by atoms with Gasteiger partial charge in [0.15, 0.2) is 0 Å². The van der Waals surface area contributed by atoms with E-state index in [-0.39, 0.29) is 18.0 Å². The Kier molecular flexibility index (Phi) is 7.49. The fourth-order valence-corrected chi connectivity index (χ4v) is 2.76. The van der Waals surface area contributed by atoms with E-state index in [0.717, 1.165) is 12.0 Å². The summed E-state index contributed by atoms with van der Waals surface area (Å²) in [5.41, 5.74) is 1.59. The van der Waals surface area contributed by atoms with Gasteiger partial charge in [0, 0.05) is 12.1 Å². The zero-order chi connectivity index (χ0) is 19.6. The fraction of sp³-hybridized carbons (Fsp3) is 0.300. The highest BCUT2D eigenvalue weighted by molar-refractivity contribution is 5.85. The van der Waals surface area contributed by atoms with E-state index in [4.69, 9.17) is 4.74 Å². The van der Waals surface area contributed by atoms with Crippen molar-refractivity contribution >= 4 is 17.6 Å². The molecule has 27 heavy (non-hydrogen) atoms. The lowest BCUT2D eigenvalue weighted by Crippen LogP contribution is -2.42. The van der Waals surface area contributed by atoms with Crippen molar-refractivity contribution in [2.24, 2.45) is 0 Å². The summed E-state index contributed by atoms with van der Waals surface area (Å²) in [6.45, 7) is 0. The molecule has 1 N–H and O–H groups in total. The molecule has 0 radical (unpaired) electrons.